The standard InChI is InChI=1S/C97H76B2N4O/c1-97(2,3)72-56-88-93-89(57-72)103(96-79(68-37-19-8-20-38-68)54-71(65-31-13-5-14-32-65)55-80(96)69-39-21-9-22-40-69)87-61-91-84(99-81-43-25-27-45-85(81)101(73-41-23-10-24-42-73)90-58-76(59-92(104-91)94(90)99)100-74-48-62-47-63(50-74)51-75(100)49-62)60-83(87)98(93)82-44-26-28-46-86(82)102(88)95-77(66-33-15-6-16-34-66)52-70(64-29-11-4-12-30-64)53-78(95)67-35-17-7-18-36-67/h4-46,52-63,74-75H,47-51H2,1-3H3. The Morgan fingerprint density at radius 3 is 1.12 bits per heavy atom. The summed E-state index contributed by atoms with van der Waals surface area (Å²) >= 11 is 0. The zero-order valence-corrected chi connectivity index (χ0v) is 58.8. The summed E-state index contributed by atoms with van der Waals surface area (Å²) in [4.78, 5) is 10.8. The lowest BCUT2D eigenvalue weighted by Gasteiger charge is -2.57. The van der Waals surface area contributed by atoms with E-state index >= 15 is 0 Å². The van der Waals surface area contributed by atoms with Crippen LogP contribution in [0, 0.1) is 11.8 Å². The van der Waals surface area contributed by atoms with Crippen LogP contribution in [-0.2, 0) is 5.41 Å². The Balaban J connectivity index is 0.893. The van der Waals surface area contributed by atoms with Crippen LogP contribution in [-0.4, -0.2) is 25.5 Å². The largest absolute Gasteiger partial charge is 0.458 e. The second-order valence-corrected chi connectivity index (χ2v) is 31.1. The molecule has 0 amide bonds. The average molecular weight is 1340 g/mol. The number of para-hydroxylation sites is 3. The number of anilines is 10. The second kappa shape index (κ2) is 23.9. The number of hydrogen-bond donors (Lipinski definition) is 0. The first-order valence-electron chi connectivity index (χ1n) is 37.5. The van der Waals surface area contributed by atoms with E-state index < -0.39 is 0 Å². The van der Waals surface area contributed by atoms with E-state index in [2.05, 4.69) is 362 Å². The highest BCUT2D eigenvalue weighted by atomic mass is 16.5. The first-order chi connectivity index (χ1) is 51.2. The fourth-order valence-corrected chi connectivity index (χ4v) is 19.7. The van der Waals surface area contributed by atoms with Gasteiger partial charge in [0, 0.05) is 92.0 Å². The molecule has 0 radical (unpaired) electrons. The molecule has 22 rings (SSSR count). The van der Waals surface area contributed by atoms with E-state index in [1.54, 1.807) is 0 Å². The molecule has 4 bridgehead atoms. The third kappa shape index (κ3) is 9.69. The summed E-state index contributed by atoms with van der Waals surface area (Å²) in [7, 11) is 0. The predicted octanol–water partition coefficient (Wildman–Crippen LogP) is 21.2. The van der Waals surface area contributed by atoms with Crippen LogP contribution in [0.15, 0.2) is 322 Å². The first kappa shape index (κ1) is 60.9. The molecule has 104 heavy (non-hydrogen) atoms. The van der Waals surface area contributed by atoms with Gasteiger partial charge >= 0.3 is 0 Å². The average Bonchev–Trinajstić information content (AvgIpc) is 0.697. The Bertz CT molecular complexity index is 5580. The number of nitrogens with zero attached hydrogens (tertiary/aromatic N) is 4. The zero-order chi connectivity index (χ0) is 68.9. The van der Waals surface area contributed by atoms with Gasteiger partial charge in [0.25, 0.3) is 13.4 Å². The lowest BCUT2D eigenvalue weighted by molar-refractivity contribution is 0.0900. The Morgan fingerprint density at radius 2 is 0.673 bits per heavy atom. The van der Waals surface area contributed by atoms with Gasteiger partial charge in [-0.1, -0.05) is 263 Å². The summed E-state index contributed by atoms with van der Waals surface area (Å²) in [5, 5.41) is 0. The lowest BCUT2D eigenvalue weighted by atomic mass is 9.30. The van der Waals surface area contributed by atoms with Crippen molar-refractivity contribution < 1.29 is 4.74 Å². The van der Waals surface area contributed by atoms with Crippen LogP contribution in [0.2, 0.25) is 0 Å². The Kier molecular flexibility index (Phi) is 14.0. The normalized spacial score (nSPS) is 17.5. The van der Waals surface area contributed by atoms with Gasteiger partial charge in [-0.3, -0.25) is 0 Å². The van der Waals surface area contributed by atoms with Gasteiger partial charge in [0.2, 0.25) is 0 Å². The van der Waals surface area contributed by atoms with Gasteiger partial charge < -0.3 is 24.3 Å². The van der Waals surface area contributed by atoms with Crippen molar-refractivity contribution >= 4 is 103 Å². The molecular weight excluding hydrogens is 1260 g/mol. The molecule has 6 heterocycles. The van der Waals surface area contributed by atoms with Crippen LogP contribution in [0.3, 0.4) is 0 Å². The molecular formula is C97H76B2N4O. The molecule has 7 heteroatoms. The molecule has 496 valence electrons. The number of fused-ring (bicyclic) bond motifs is 8. The molecule has 2 saturated carbocycles. The third-order valence-corrected chi connectivity index (χ3v) is 24.0. The fraction of sp³-hybridized carbons (Fsp3) is 0.134. The SMILES string of the molecule is CC(C)(C)c1cc2c3c(c1)N(c1c(-c4ccccc4)cc(-c4ccccc4)cc1-c1ccccc1)c1cc4c(cc1B3c1ccccc1N2c1c(-c2ccccc2)cc(-c2ccccc2)cc1-c1ccccc1)B1c2ccccc2N(c2ccccc2)c2cc(N3C5CC6CC(C5)CC3C6)cc(c21)O4. The van der Waals surface area contributed by atoms with Crippen molar-refractivity contribution in [2.75, 3.05) is 19.6 Å². The van der Waals surface area contributed by atoms with Gasteiger partial charge in [-0.25, -0.2) is 0 Å². The van der Waals surface area contributed by atoms with Gasteiger partial charge in [0.15, 0.2) is 0 Å². The summed E-state index contributed by atoms with van der Waals surface area (Å²) < 4.78 is 8.04. The molecule has 0 N–H and O–H groups in total. The summed E-state index contributed by atoms with van der Waals surface area (Å²) in [6.45, 7) is 6.79. The van der Waals surface area contributed by atoms with E-state index in [4.69, 9.17) is 4.74 Å². The van der Waals surface area contributed by atoms with Crippen LogP contribution < -0.4 is 57.1 Å². The topological polar surface area (TPSA) is 22.2 Å². The summed E-state index contributed by atoms with van der Waals surface area (Å²) in [6, 6.07) is 123. The highest BCUT2D eigenvalue weighted by Crippen LogP contribution is 2.57. The van der Waals surface area contributed by atoms with Crippen LogP contribution >= 0.6 is 0 Å². The molecule has 2 saturated heterocycles. The molecule has 4 fully saturated rings. The van der Waals surface area contributed by atoms with Gasteiger partial charge in [0.05, 0.1) is 11.4 Å². The number of rotatable bonds is 10. The van der Waals surface area contributed by atoms with E-state index in [0.29, 0.717) is 12.1 Å². The smallest absolute Gasteiger partial charge is 0.256 e. The third-order valence-electron chi connectivity index (χ3n) is 24.0. The minimum Gasteiger partial charge on any atom is -0.458 e. The maximum absolute atomic E-state index is 8.04. The van der Waals surface area contributed by atoms with E-state index in [-0.39, 0.29) is 18.8 Å². The minimum atomic E-state index is -0.313. The van der Waals surface area contributed by atoms with Gasteiger partial charge in [0.1, 0.15) is 11.5 Å². The van der Waals surface area contributed by atoms with Gasteiger partial charge in [-0.2, -0.15) is 0 Å². The number of ether oxygens (including phenoxy) is 1. The molecule has 14 aromatic carbocycles. The van der Waals surface area contributed by atoms with E-state index in [0.717, 1.165) is 124 Å². The monoisotopic (exact) mass is 1330 g/mol. The van der Waals surface area contributed by atoms with E-state index in [1.165, 1.54) is 93.1 Å². The molecule has 0 spiro atoms. The van der Waals surface area contributed by atoms with Crippen molar-refractivity contribution in [1.29, 1.82) is 0 Å². The first-order valence-corrected chi connectivity index (χ1v) is 37.5. The Morgan fingerprint density at radius 1 is 0.288 bits per heavy atom. The van der Waals surface area contributed by atoms with Crippen molar-refractivity contribution in [2.24, 2.45) is 11.8 Å². The molecule has 6 aliphatic heterocycles. The van der Waals surface area contributed by atoms with Crippen molar-refractivity contribution in [3.8, 4) is 78.3 Å². The summed E-state index contributed by atoms with van der Waals surface area (Å²) in [5.74, 6) is 3.48. The molecule has 0 atom stereocenters. The van der Waals surface area contributed by atoms with Crippen LogP contribution in [0.4, 0.5) is 56.9 Å². The Hall–Kier alpha value is -11.8. The second-order valence-electron chi connectivity index (χ2n) is 31.1. The van der Waals surface area contributed by atoms with E-state index in [1.807, 2.05) is 0 Å². The van der Waals surface area contributed by atoms with Gasteiger partial charge in [-0.05, 0) is 199 Å². The molecule has 0 unspecified atom stereocenters. The van der Waals surface area contributed by atoms with Crippen LogP contribution in [0.1, 0.15) is 58.4 Å². The zero-order valence-electron chi connectivity index (χ0n) is 58.8. The number of benzene rings is 14. The summed E-state index contributed by atoms with van der Waals surface area (Å²) in [5.41, 5.74) is 33.8. The fourth-order valence-electron chi connectivity index (χ4n) is 19.7. The molecule has 14 aromatic rings. The van der Waals surface area contributed by atoms with Crippen LogP contribution in [0.5, 0.6) is 11.5 Å². The predicted molar refractivity (Wildman–Crippen MR) is 438 cm³/mol. The van der Waals surface area contributed by atoms with Crippen molar-refractivity contribution in [2.45, 2.75) is 70.4 Å². The van der Waals surface area contributed by atoms with E-state index in [9.17, 15) is 0 Å². The quantitative estimate of drug-likeness (QED) is 0.127. The van der Waals surface area contributed by atoms with Crippen LogP contribution in [0.25, 0.3) is 66.8 Å². The lowest BCUT2D eigenvalue weighted by Crippen LogP contribution is -2.64. The number of piperidine rings is 2. The highest BCUT2D eigenvalue weighted by Gasteiger charge is 2.51. The van der Waals surface area contributed by atoms with Crippen molar-refractivity contribution in [3.05, 3.63) is 327 Å². The van der Waals surface area contributed by atoms with Crippen molar-refractivity contribution in [3.63, 3.8) is 0 Å². The molecule has 2 aliphatic carbocycles. The van der Waals surface area contributed by atoms with Crippen molar-refractivity contribution in [1.82, 2.24) is 0 Å². The minimum absolute atomic E-state index is 0.157. The molecule has 8 aliphatic rings. The maximum atomic E-state index is 8.04. The maximum Gasteiger partial charge on any atom is 0.256 e. The molecule has 0 aromatic heterocycles. The van der Waals surface area contributed by atoms with Gasteiger partial charge in [-0.15, -0.1) is 0 Å². The highest BCUT2D eigenvalue weighted by molar-refractivity contribution is 7.02. The Labute approximate surface area is 611 Å². The summed E-state index contributed by atoms with van der Waals surface area (Å²) in [6.07, 6.45) is 6.48. The molecule has 5 nitrogen and oxygen atoms in total. The number of hydrogen-bond acceptors (Lipinski definition) is 5.